The number of ketones is 1. The van der Waals surface area contributed by atoms with Crippen LogP contribution in [0.5, 0.6) is 0 Å². The fraction of sp³-hybridized carbons (Fsp3) is 0.769. The third-order valence-corrected chi connectivity index (χ3v) is 3.45. The molecule has 0 radical (unpaired) electrons. The van der Waals surface area contributed by atoms with Crippen molar-refractivity contribution in [2.75, 3.05) is 6.61 Å². The van der Waals surface area contributed by atoms with Crippen molar-refractivity contribution in [1.82, 2.24) is 0 Å². The number of hydrogen-bond acceptors (Lipinski definition) is 6. The van der Waals surface area contributed by atoms with E-state index in [0.717, 1.165) is 25.7 Å². The summed E-state index contributed by atoms with van der Waals surface area (Å²) < 4.78 is 4.68. The van der Waals surface area contributed by atoms with Crippen LogP contribution in [0, 0.1) is 11.8 Å². The van der Waals surface area contributed by atoms with Gasteiger partial charge in [0.15, 0.2) is 0 Å². The Morgan fingerprint density at radius 3 is 2.30 bits per heavy atom. The van der Waals surface area contributed by atoms with Crippen molar-refractivity contribution in [3.05, 3.63) is 0 Å². The zero-order chi connectivity index (χ0) is 13.5. The summed E-state index contributed by atoms with van der Waals surface area (Å²) >= 11 is 0. The molecule has 1 rings (SSSR count). The molecule has 0 bridgehead atoms. The van der Waals surface area contributed by atoms with Gasteiger partial charge in [-0.15, -0.1) is 0 Å². The summed E-state index contributed by atoms with van der Waals surface area (Å²) in [5, 5.41) is 12.4. The van der Waals surface area contributed by atoms with Crippen molar-refractivity contribution in [3.8, 4) is 0 Å². The molecule has 0 aromatic heterocycles. The molecule has 0 amide bonds. The van der Waals surface area contributed by atoms with Crippen molar-refractivity contribution in [1.29, 1.82) is 0 Å². The Hall–Kier alpha value is -0.430. The van der Waals surface area contributed by atoms with E-state index < -0.39 is 17.7 Å². The molecule has 1 atom stereocenters. The van der Waals surface area contributed by atoms with Crippen LogP contribution in [0.25, 0.3) is 0 Å². The normalized spacial score (nSPS) is 17.4. The van der Waals surface area contributed by atoms with Crippen LogP contribution in [0.3, 0.4) is 0 Å². The second kappa shape index (κ2) is 11.3. The molecule has 0 spiro atoms. The molecule has 1 fully saturated rings. The summed E-state index contributed by atoms with van der Waals surface area (Å²) in [4.78, 5) is 23.2. The summed E-state index contributed by atoms with van der Waals surface area (Å²) in [7, 11) is 0. The summed E-state index contributed by atoms with van der Waals surface area (Å²) in [6.07, 6.45) is 5.16. The fourth-order valence-corrected chi connectivity index (χ4v) is 2.43. The summed E-state index contributed by atoms with van der Waals surface area (Å²) in [6.45, 7) is 3.42. The molecule has 0 aromatic rings. The average Bonchev–Trinajstić information content (AvgIpc) is 2.40. The van der Waals surface area contributed by atoms with E-state index >= 15 is 0 Å². The summed E-state index contributed by atoms with van der Waals surface area (Å²) in [5.74, 6) is -2.06. The Kier molecular flexibility index (Phi) is 12.3. The molecule has 2 N–H and O–H groups in total. The Labute approximate surface area is 141 Å². The van der Waals surface area contributed by atoms with Gasteiger partial charge in [-0.3, -0.25) is 4.79 Å². The van der Waals surface area contributed by atoms with Crippen LogP contribution >= 0.6 is 0 Å². The van der Waals surface area contributed by atoms with Crippen LogP contribution in [-0.4, -0.2) is 34.8 Å². The molecule has 1 unspecified atom stereocenters. The van der Waals surface area contributed by atoms with Gasteiger partial charge in [0.1, 0.15) is 0 Å². The quantitative estimate of drug-likeness (QED) is 0.175. The van der Waals surface area contributed by atoms with Gasteiger partial charge < -0.3 is 15.4 Å². The standard InChI is InChI=1S/C13H21NO4.Na.H2O/c1-3-18-13(16)12(15)9(2)11(14-17)10-7-5-4-6-8-10;;/h9-10,17H,3-8H2,1-2H3;;1H2/q;+1;/p-1/b14-11+;;. The van der Waals surface area contributed by atoms with Crippen LogP contribution in [-0.2, 0) is 14.3 Å². The van der Waals surface area contributed by atoms with E-state index in [1.54, 1.807) is 13.8 Å². The largest absolute Gasteiger partial charge is 1.00 e. The topological polar surface area (TPSA) is 106 Å². The van der Waals surface area contributed by atoms with Crippen molar-refractivity contribution >= 4 is 17.5 Å². The number of nitrogens with zero attached hydrogens (tertiary/aromatic N) is 1. The van der Waals surface area contributed by atoms with Crippen molar-refractivity contribution in [2.45, 2.75) is 46.0 Å². The van der Waals surface area contributed by atoms with Crippen LogP contribution < -0.4 is 29.6 Å². The zero-order valence-electron chi connectivity index (χ0n) is 12.5. The molecule has 110 valence electrons. The zero-order valence-corrected chi connectivity index (χ0v) is 14.5. The molecular formula is C13H22NNaO5. The first-order valence-corrected chi connectivity index (χ1v) is 6.54. The van der Waals surface area contributed by atoms with E-state index in [4.69, 9.17) is 5.21 Å². The minimum Gasteiger partial charge on any atom is -0.870 e. The van der Waals surface area contributed by atoms with Crippen molar-refractivity contribution in [3.63, 3.8) is 0 Å². The van der Waals surface area contributed by atoms with E-state index in [-0.39, 0.29) is 47.6 Å². The Bertz CT molecular complexity index is 340. The number of oxime groups is 1. The number of carbonyl (C=O) groups excluding carboxylic acids is 2. The summed E-state index contributed by atoms with van der Waals surface area (Å²) in [5.41, 5.74) is 0.424. The molecule has 1 aliphatic carbocycles. The third kappa shape index (κ3) is 5.91. The molecule has 0 aliphatic heterocycles. The Balaban J connectivity index is 0. The van der Waals surface area contributed by atoms with Gasteiger partial charge >= 0.3 is 35.5 Å². The maximum Gasteiger partial charge on any atom is 1.00 e. The molecule has 6 nitrogen and oxygen atoms in total. The second-order valence-electron chi connectivity index (χ2n) is 4.67. The SMILES string of the molecule is CCOC(=O)C(=O)C(C)/C(=N\O)C1CCCCC1.[Na+].[OH-]. The smallest absolute Gasteiger partial charge is 0.870 e. The Morgan fingerprint density at radius 2 is 1.85 bits per heavy atom. The minimum atomic E-state index is -0.845. The number of Topliss-reactive ketones (excluding diaryl/α,β-unsaturated/α-hetero) is 1. The maximum atomic E-state index is 11.8. The molecule has 20 heavy (non-hydrogen) atoms. The van der Waals surface area contributed by atoms with Gasteiger partial charge in [-0.25, -0.2) is 4.79 Å². The van der Waals surface area contributed by atoms with E-state index in [1.165, 1.54) is 6.42 Å². The van der Waals surface area contributed by atoms with Gasteiger partial charge in [0.2, 0.25) is 5.78 Å². The van der Waals surface area contributed by atoms with Gasteiger partial charge in [-0.2, -0.15) is 0 Å². The predicted molar refractivity (Wildman–Crippen MR) is 68.5 cm³/mol. The minimum absolute atomic E-state index is 0. The third-order valence-electron chi connectivity index (χ3n) is 3.45. The molecular weight excluding hydrogens is 273 g/mol. The number of hydrogen-bond donors (Lipinski definition) is 1. The molecule has 0 saturated heterocycles. The molecule has 0 aromatic carbocycles. The van der Waals surface area contributed by atoms with Crippen molar-refractivity contribution < 1.29 is 54.6 Å². The average molecular weight is 295 g/mol. The van der Waals surface area contributed by atoms with Gasteiger partial charge in [0.05, 0.1) is 18.2 Å². The van der Waals surface area contributed by atoms with E-state index in [9.17, 15) is 9.59 Å². The monoisotopic (exact) mass is 295 g/mol. The molecule has 0 heterocycles. The summed E-state index contributed by atoms with van der Waals surface area (Å²) in [6, 6.07) is 0. The first-order chi connectivity index (χ1) is 8.61. The number of rotatable bonds is 5. The molecule has 7 heteroatoms. The van der Waals surface area contributed by atoms with Crippen LogP contribution in [0.2, 0.25) is 0 Å². The maximum absolute atomic E-state index is 11.8. The first kappa shape index (κ1) is 21.9. The second-order valence-corrected chi connectivity index (χ2v) is 4.67. The van der Waals surface area contributed by atoms with Gasteiger partial charge in [-0.05, 0) is 26.7 Å². The van der Waals surface area contributed by atoms with Crippen LogP contribution in [0.1, 0.15) is 46.0 Å². The number of esters is 1. The van der Waals surface area contributed by atoms with E-state index in [0.29, 0.717) is 5.71 Å². The first-order valence-electron chi connectivity index (χ1n) is 6.54. The van der Waals surface area contributed by atoms with Crippen LogP contribution in [0.15, 0.2) is 5.16 Å². The molecule has 1 aliphatic rings. The van der Waals surface area contributed by atoms with Gasteiger partial charge in [-0.1, -0.05) is 24.4 Å². The number of carbonyl (C=O) groups is 2. The van der Waals surface area contributed by atoms with Crippen molar-refractivity contribution in [2.24, 2.45) is 17.0 Å². The fourth-order valence-electron chi connectivity index (χ4n) is 2.43. The number of ether oxygens (including phenoxy) is 1. The Morgan fingerprint density at radius 1 is 1.30 bits per heavy atom. The van der Waals surface area contributed by atoms with E-state index in [1.807, 2.05) is 0 Å². The van der Waals surface area contributed by atoms with E-state index in [2.05, 4.69) is 9.89 Å². The van der Waals surface area contributed by atoms with Gasteiger partial charge in [0.25, 0.3) is 0 Å². The van der Waals surface area contributed by atoms with Crippen LogP contribution in [0.4, 0.5) is 0 Å². The predicted octanol–water partition coefficient (Wildman–Crippen LogP) is -1.01. The molecule has 1 saturated carbocycles. The van der Waals surface area contributed by atoms with Gasteiger partial charge in [0, 0.05) is 5.92 Å².